The van der Waals surface area contributed by atoms with Gasteiger partial charge >= 0.3 is 0 Å². The highest BCUT2D eigenvalue weighted by molar-refractivity contribution is 5.65. The molecule has 1 N–H and O–H groups in total. The average Bonchev–Trinajstić information content (AvgIpc) is 2.69. The molecule has 2 unspecified atom stereocenters. The summed E-state index contributed by atoms with van der Waals surface area (Å²) in [6.07, 6.45) is 8.47. The van der Waals surface area contributed by atoms with Crippen LogP contribution in [0.5, 0.6) is 0 Å². The van der Waals surface area contributed by atoms with E-state index in [1.54, 1.807) is 6.26 Å². The quantitative estimate of drug-likeness (QED) is 0.732. The van der Waals surface area contributed by atoms with E-state index in [1.807, 2.05) is 6.20 Å². The van der Waals surface area contributed by atoms with E-state index in [-0.39, 0.29) is 0 Å². The molecule has 74 valence electrons. The zero-order chi connectivity index (χ0) is 9.38. The lowest BCUT2D eigenvalue weighted by atomic mass is 9.78. The number of fused-ring (bicyclic) bond motifs is 2. The molecule has 0 aromatic carbocycles. The molecule has 2 aliphatic rings. The zero-order valence-corrected chi connectivity index (χ0v) is 8.07. The Morgan fingerprint density at radius 3 is 3.21 bits per heavy atom. The average molecular weight is 190 g/mol. The Hall–Kier alpha value is -1.09. The highest BCUT2D eigenvalue weighted by Gasteiger charge is 2.26. The molecule has 3 nitrogen and oxygen atoms in total. The summed E-state index contributed by atoms with van der Waals surface area (Å²) in [5.41, 5.74) is 2.59. The summed E-state index contributed by atoms with van der Waals surface area (Å²) in [4.78, 5) is 0. The van der Waals surface area contributed by atoms with Crippen LogP contribution < -0.4 is 5.32 Å². The molecule has 2 atom stereocenters. The molecule has 2 heterocycles. The fourth-order valence-electron chi connectivity index (χ4n) is 2.59. The SMILES string of the molecule is C1=C(c2cnoc2)CC2CNCC1C2. The third kappa shape index (κ3) is 1.38. The Morgan fingerprint density at radius 2 is 2.43 bits per heavy atom. The largest absolute Gasteiger partial charge is 0.364 e. The second-order valence-electron chi connectivity index (χ2n) is 4.33. The molecule has 1 aromatic rings. The van der Waals surface area contributed by atoms with Crippen molar-refractivity contribution in [2.24, 2.45) is 11.8 Å². The molecule has 1 aliphatic carbocycles. The number of nitrogens with zero attached hydrogens (tertiary/aromatic N) is 1. The van der Waals surface area contributed by atoms with E-state index in [0.717, 1.165) is 12.5 Å². The van der Waals surface area contributed by atoms with E-state index >= 15 is 0 Å². The summed E-state index contributed by atoms with van der Waals surface area (Å²) in [5.74, 6) is 1.52. The lowest BCUT2D eigenvalue weighted by molar-refractivity contribution is 0.316. The molecular formula is C11H14N2O. The highest BCUT2D eigenvalue weighted by atomic mass is 16.5. The van der Waals surface area contributed by atoms with Crippen LogP contribution in [0.1, 0.15) is 18.4 Å². The Kier molecular flexibility index (Phi) is 1.91. The Balaban J connectivity index is 1.90. The molecule has 1 fully saturated rings. The van der Waals surface area contributed by atoms with Gasteiger partial charge in [-0.25, -0.2) is 0 Å². The van der Waals surface area contributed by atoms with Crippen LogP contribution >= 0.6 is 0 Å². The van der Waals surface area contributed by atoms with Gasteiger partial charge in [-0.15, -0.1) is 0 Å². The van der Waals surface area contributed by atoms with Crippen molar-refractivity contribution in [2.45, 2.75) is 12.8 Å². The van der Waals surface area contributed by atoms with E-state index in [2.05, 4.69) is 16.5 Å². The van der Waals surface area contributed by atoms with Gasteiger partial charge in [0.1, 0.15) is 6.26 Å². The van der Waals surface area contributed by atoms with Gasteiger partial charge in [0.15, 0.2) is 0 Å². The summed E-state index contributed by atoms with van der Waals surface area (Å²) in [7, 11) is 0. The second kappa shape index (κ2) is 3.24. The Morgan fingerprint density at radius 1 is 1.43 bits per heavy atom. The molecule has 14 heavy (non-hydrogen) atoms. The van der Waals surface area contributed by atoms with E-state index in [0.29, 0.717) is 5.92 Å². The van der Waals surface area contributed by atoms with E-state index in [9.17, 15) is 0 Å². The van der Waals surface area contributed by atoms with Crippen LogP contribution in [0.4, 0.5) is 0 Å². The van der Waals surface area contributed by atoms with Gasteiger partial charge in [-0.05, 0) is 36.8 Å². The Labute approximate surface area is 83.2 Å². The van der Waals surface area contributed by atoms with Gasteiger partial charge in [0.05, 0.1) is 6.20 Å². The van der Waals surface area contributed by atoms with Crippen LogP contribution in [0.25, 0.3) is 5.57 Å². The first-order chi connectivity index (χ1) is 6.92. The van der Waals surface area contributed by atoms with Crippen LogP contribution in [0, 0.1) is 11.8 Å². The molecule has 0 saturated carbocycles. The maximum Gasteiger partial charge on any atom is 0.131 e. The van der Waals surface area contributed by atoms with Crippen LogP contribution in [0.2, 0.25) is 0 Å². The normalized spacial score (nSPS) is 31.3. The lowest BCUT2D eigenvalue weighted by Crippen LogP contribution is -2.37. The minimum absolute atomic E-state index is 0.715. The monoisotopic (exact) mass is 190 g/mol. The highest BCUT2D eigenvalue weighted by Crippen LogP contribution is 2.35. The van der Waals surface area contributed by atoms with Crippen molar-refractivity contribution in [3.8, 4) is 0 Å². The molecule has 3 rings (SSSR count). The van der Waals surface area contributed by atoms with Gasteiger partial charge in [-0.2, -0.15) is 0 Å². The standard InChI is InChI=1S/C11H14N2O/c1-8-2-10(11-6-13-14-7-11)3-9(1)5-12-4-8/h2,6-9,12H,1,3-5H2. The number of nitrogens with one attached hydrogen (secondary N) is 1. The first-order valence-corrected chi connectivity index (χ1v) is 5.23. The smallest absolute Gasteiger partial charge is 0.131 e. The molecule has 0 radical (unpaired) electrons. The number of piperidine rings is 1. The van der Waals surface area contributed by atoms with Gasteiger partial charge in [0, 0.05) is 12.1 Å². The van der Waals surface area contributed by atoms with Gasteiger partial charge in [0.25, 0.3) is 0 Å². The Bertz CT molecular complexity index is 342. The predicted octanol–water partition coefficient (Wildman–Crippen LogP) is 1.69. The van der Waals surface area contributed by atoms with Crippen molar-refractivity contribution in [1.82, 2.24) is 10.5 Å². The number of allylic oxidation sites excluding steroid dienone is 1. The van der Waals surface area contributed by atoms with Crippen LogP contribution in [0.3, 0.4) is 0 Å². The summed E-state index contributed by atoms with van der Waals surface area (Å²) in [5, 5.41) is 7.23. The lowest BCUT2D eigenvalue weighted by Gasteiger charge is -2.33. The topological polar surface area (TPSA) is 38.1 Å². The molecule has 0 amide bonds. The molecule has 2 bridgehead atoms. The van der Waals surface area contributed by atoms with Crippen LogP contribution in [-0.2, 0) is 0 Å². The molecule has 0 spiro atoms. The van der Waals surface area contributed by atoms with Crippen molar-refractivity contribution < 1.29 is 4.52 Å². The van der Waals surface area contributed by atoms with Crippen molar-refractivity contribution in [1.29, 1.82) is 0 Å². The van der Waals surface area contributed by atoms with Gasteiger partial charge in [-0.1, -0.05) is 11.2 Å². The summed E-state index contributed by atoms with van der Waals surface area (Å²) >= 11 is 0. The number of hydrogen-bond donors (Lipinski definition) is 1. The number of aromatic nitrogens is 1. The number of hydrogen-bond acceptors (Lipinski definition) is 3. The summed E-state index contributed by atoms with van der Waals surface area (Å²) in [6.45, 7) is 2.30. The molecular weight excluding hydrogens is 176 g/mol. The second-order valence-corrected chi connectivity index (χ2v) is 4.33. The first kappa shape index (κ1) is 8.24. The zero-order valence-electron chi connectivity index (χ0n) is 8.07. The third-order valence-electron chi connectivity index (χ3n) is 3.22. The van der Waals surface area contributed by atoms with Gasteiger partial charge in [-0.3, -0.25) is 0 Å². The minimum atomic E-state index is 0.715. The van der Waals surface area contributed by atoms with Crippen molar-refractivity contribution >= 4 is 5.57 Å². The van der Waals surface area contributed by atoms with E-state index in [4.69, 9.17) is 4.52 Å². The molecule has 3 heteroatoms. The van der Waals surface area contributed by atoms with Crippen LogP contribution in [-0.4, -0.2) is 18.2 Å². The third-order valence-corrected chi connectivity index (χ3v) is 3.22. The molecule has 1 aliphatic heterocycles. The summed E-state index contributed by atoms with van der Waals surface area (Å²) in [6, 6.07) is 0. The van der Waals surface area contributed by atoms with Crippen molar-refractivity contribution in [3.63, 3.8) is 0 Å². The van der Waals surface area contributed by atoms with E-state index in [1.165, 1.54) is 30.5 Å². The molecule has 1 aromatic heterocycles. The summed E-state index contributed by atoms with van der Waals surface area (Å²) < 4.78 is 4.88. The predicted molar refractivity (Wildman–Crippen MR) is 53.6 cm³/mol. The number of rotatable bonds is 1. The maximum absolute atomic E-state index is 4.88. The van der Waals surface area contributed by atoms with E-state index < -0.39 is 0 Å². The molecule has 1 saturated heterocycles. The fourth-order valence-corrected chi connectivity index (χ4v) is 2.59. The van der Waals surface area contributed by atoms with Gasteiger partial charge in [0.2, 0.25) is 0 Å². The minimum Gasteiger partial charge on any atom is -0.364 e. The van der Waals surface area contributed by atoms with Crippen LogP contribution in [0.15, 0.2) is 23.1 Å². The fraction of sp³-hybridized carbons (Fsp3) is 0.545. The first-order valence-electron chi connectivity index (χ1n) is 5.23. The van der Waals surface area contributed by atoms with Crippen molar-refractivity contribution in [2.75, 3.05) is 13.1 Å². The van der Waals surface area contributed by atoms with Crippen molar-refractivity contribution in [3.05, 3.63) is 24.1 Å². The van der Waals surface area contributed by atoms with Gasteiger partial charge < -0.3 is 9.84 Å². The maximum atomic E-state index is 4.88.